The number of aromatic nitrogens is 1. The van der Waals surface area contributed by atoms with Gasteiger partial charge in [0, 0.05) is 10.6 Å². The number of aryl methyl sites for hydroxylation is 1. The van der Waals surface area contributed by atoms with Gasteiger partial charge in [0.25, 0.3) is 5.56 Å². The molecule has 1 atom stereocenters. The summed E-state index contributed by atoms with van der Waals surface area (Å²) < 4.78 is 7.18. The predicted molar refractivity (Wildman–Crippen MR) is 125 cm³/mol. The number of aromatic hydroxyl groups is 1. The summed E-state index contributed by atoms with van der Waals surface area (Å²) in [6.45, 7) is 6.28. The molecule has 1 fully saturated rings. The number of piperidine rings is 1. The fourth-order valence-electron chi connectivity index (χ4n) is 4.41. The molecule has 0 spiro atoms. The average molecular weight is 439 g/mol. The Hall–Kier alpha value is -2.44. The van der Waals surface area contributed by atoms with Crippen LogP contribution in [0.15, 0.2) is 62.8 Å². The fourth-order valence-corrected chi connectivity index (χ4v) is 4.82. The van der Waals surface area contributed by atoms with Gasteiger partial charge >= 0.3 is 0 Å². The summed E-state index contributed by atoms with van der Waals surface area (Å²) in [4.78, 5) is 17.2. The van der Waals surface area contributed by atoms with E-state index in [0.29, 0.717) is 23.7 Å². The zero-order valence-corrected chi connectivity index (χ0v) is 19.2. The van der Waals surface area contributed by atoms with Gasteiger partial charge in [-0.15, -0.1) is 11.8 Å². The van der Waals surface area contributed by atoms with Crippen LogP contribution in [-0.4, -0.2) is 33.9 Å². The van der Waals surface area contributed by atoms with E-state index in [2.05, 4.69) is 42.3 Å². The standard InChI is InChI=1S/C25H30N2O3S/c1-17-10-12-26(13-11-17)24(19-6-8-21(31-3)9-7-19)23-22(28)15-18(2)27(25(23)29)16-20-5-4-14-30-20/h4-9,14-15,17,24,28H,10-13,16H2,1-3H3/t24-/m1/s1. The maximum absolute atomic E-state index is 13.7. The molecule has 1 aliphatic rings. The molecule has 3 heterocycles. The minimum Gasteiger partial charge on any atom is -0.507 e. The zero-order valence-electron chi connectivity index (χ0n) is 18.4. The summed E-state index contributed by atoms with van der Waals surface area (Å²) in [6, 6.07) is 13.5. The number of rotatable bonds is 6. The van der Waals surface area contributed by atoms with Gasteiger partial charge in [-0.3, -0.25) is 9.69 Å². The molecule has 0 radical (unpaired) electrons. The smallest absolute Gasteiger partial charge is 0.260 e. The topological polar surface area (TPSA) is 58.6 Å². The molecule has 1 N–H and O–H groups in total. The molecule has 31 heavy (non-hydrogen) atoms. The molecule has 2 aromatic heterocycles. The summed E-state index contributed by atoms with van der Waals surface area (Å²) >= 11 is 1.69. The summed E-state index contributed by atoms with van der Waals surface area (Å²) in [5, 5.41) is 11.0. The number of pyridine rings is 1. The van der Waals surface area contributed by atoms with Crippen LogP contribution in [0.1, 0.15) is 48.4 Å². The lowest BCUT2D eigenvalue weighted by atomic mass is 9.92. The molecule has 0 amide bonds. The maximum atomic E-state index is 13.7. The van der Waals surface area contributed by atoms with E-state index in [9.17, 15) is 9.90 Å². The number of nitrogens with zero attached hydrogens (tertiary/aromatic N) is 2. The monoisotopic (exact) mass is 438 g/mol. The van der Waals surface area contributed by atoms with E-state index in [1.54, 1.807) is 28.7 Å². The third-order valence-corrected chi connectivity index (χ3v) is 7.05. The Morgan fingerprint density at radius 2 is 1.90 bits per heavy atom. The highest BCUT2D eigenvalue weighted by molar-refractivity contribution is 7.98. The Bertz CT molecular complexity index is 1070. The average Bonchev–Trinajstić information content (AvgIpc) is 3.28. The molecular formula is C25H30N2O3S. The second kappa shape index (κ2) is 9.37. The van der Waals surface area contributed by atoms with Gasteiger partial charge in [0.2, 0.25) is 0 Å². The Kier molecular flexibility index (Phi) is 6.58. The lowest BCUT2D eigenvalue weighted by molar-refractivity contribution is 0.154. The van der Waals surface area contributed by atoms with E-state index in [-0.39, 0.29) is 17.4 Å². The van der Waals surface area contributed by atoms with Gasteiger partial charge in [-0.1, -0.05) is 19.1 Å². The van der Waals surface area contributed by atoms with Crippen molar-refractivity contribution in [1.29, 1.82) is 0 Å². The van der Waals surface area contributed by atoms with Crippen molar-refractivity contribution in [2.24, 2.45) is 5.92 Å². The minimum atomic E-state index is -0.278. The number of hydrogen-bond donors (Lipinski definition) is 1. The Labute approximate surface area is 187 Å². The van der Waals surface area contributed by atoms with Gasteiger partial charge in [0.1, 0.15) is 11.5 Å². The lowest BCUT2D eigenvalue weighted by Gasteiger charge is -2.37. The molecule has 1 aliphatic heterocycles. The molecule has 0 saturated carbocycles. The largest absolute Gasteiger partial charge is 0.507 e. The van der Waals surface area contributed by atoms with Crippen molar-refractivity contribution in [2.45, 2.75) is 44.2 Å². The van der Waals surface area contributed by atoms with Crippen molar-refractivity contribution in [2.75, 3.05) is 19.3 Å². The number of furan rings is 1. The SMILES string of the molecule is CSc1ccc([C@H](c2c(O)cc(C)n(Cc3ccco3)c2=O)N2CCC(C)CC2)cc1. The highest BCUT2D eigenvalue weighted by Gasteiger charge is 2.31. The van der Waals surface area contributed by atoms with Crippen LogP contribution in [0, 0.1) is 12.8 Å². The van der Waals surface area contributed by atoms with E-state index in [1.807, 2.05) is 19.1 Å². The van der Waals surface area contributed by atoms with Gasteiger partial charge in [0.15, 0.2) is 0 Å². The predicted octanol–water partition coefficient (Wildman–Crippen LogP) is 5.05. The number of likely N-dealkylation sites (tertiary alicyclic amines) is 1. The normalized spacial score (nSPS) is 16.5. The first-order chi connectivity index (χ1) is 15.0. The van der Waals surface area contributed by atoms with Crippen LogP contribution in [0.4, 0.5) is 0 Å². The molecule has 0 aliphatic carbocycles. The van der Waals surface area contributed by atoms with Crippen molar-refractivity contribution >= 4 is 11.8 Å². The van der Waals surface area contributed by atoms with Crippen molar-refractivity contribution in [1.82, 2.24) is 9.47 Å². The first-order valence-corrected chi connectivity index (χ1v) is 12.0. The second-order valence-electron chi connectivity index (χ2n) is 8.45. The van der Waals surface area contributed by atoms with E-state index >= 15 is 0 Å². The van der Waals surface area contributed by atoms with Crippen LogP contribution in [0.25, 0.3) is 0 Å². The molecule has 164 valence electrons. The van der Waals surface area contributed by atoms with Crippen LogP contribution in [0.5, 0.6) is 5.75 Å². The van der Waals surface area contributed by atoms with Gasteiger partial charge < -0.3 is 14.1 Å². The van der Waals surface area contributed by atoms with Crippen molar-refractivity contribution < 1.29 is 9.52 Å². The van der Waals surface area contributed by atoms with Crippen molar-refractivity contribution in [3.63, 3.8) is 0 Å². The fraction of sp³-hybridized carbons (Fsp3) is 0.400. The first kappa shape index (κ1) is 21.8. The molecule has 1 saturated heterocycles. The Balaban J connectivity index is 1.82. The van der Waals surface area contributed by atoms with Crippen LogP contribution >= 0.6 is 11.8 Å². The van der Waals surface area contributed by atoms with E-state index < -0.39 is 0 Å². The second-order valence-corrected chi connectivity index (χ2v) is 9.33. The van der Waals surface area contributed by atoms with E-state index in [0.717, 1.165) is 37.3 Å². The molecule has 6 heteroatoms. The Morgan fingerprint density at radius 3 is 2.52 bits per heavy atom. The van der Waals surface area contributed by atoms with Gasteiger partial charge in [0.05, 0.1) is 24.4 Å². The molecule has 5 nitrogen and oxygen atoms in total. The molecule has 4 rings (SSSR count). The van der Waals surface area contributed by atoms with Gasteiger partial charge in [-0.05, 0) is 80.9 Å². The highest BCUT2D eigenvalue weighted by Crippen LogP contribution is 2.35. The molecular weight excluding hydrogens is 408 g/mol. The first-order valence-electron chi connectivity index (χ1n) is 10.8. The van der Waals surface area contributed by atoms with Crippen LogP contribution in [0.2, 0.25) is 0 Å². The minimum absolute atomic E-state index is 0.0655. The molecule has 0 unspecified atom stereocenters. The quantitative estimate of drug-likeness (QED) is 0.546. The van der Waals surface area contributed by atoms with Crippen LogP contribution in [-0.2, 0) is 6.54 Å². The van der Waals surface area contributed by atoms with Gasteiger partial charge in [-0.25, -0.2) is 0 Å². The maximum Gasteiger partial charge on any atom is 0.260 e. The van der Waals surface area contributed by atoms with E-state index in [1.165, 1.54) is 4.90 Å². The summed E-state index contributed by atoms with van der Waals surface area (Å²) in [6.07, 6.45) is 5.85. The third-order valence-electron chi connectivity index (χ3n) is 6.31. The number of hydrogen-bond acceptors (Lipinski definition) is 5. The number of thioether (sulfide) groups is 1. The number of benzene rings is 1. The molecule has 0 bridgehead atoms. The summed E-state index contributed by atoms with van der Waals surface area (Å²) in [5.74, 6) is 1.46. The van der Waals surface area contributed by atoms with Gasteiger partial charge in [-0.2, -0.15) is 0 Å². The van der Waals surface area contributed by atoms with Crippen LogP contribution < -0.4 is 5.56 Å². The molecule has 1 aromatic carbocycles. The van der Waals surface area contributed by atoms with Crippen LogP contribution in [0.3, 0.4) is 0 Å². The Morgan fingerprint density at radius 1 is 1.19 bits per heavy atom. The van der Waals surface area contributed by atoms with Crippen molar-refractivity contribution in [3.05, 3.63) is 81.7 Å². The lowest BCUT2D eigenvalue weighted by Crippen LogP contribution is -2.40. The van der Waals surface area contributed by atoms with E-state index in [4.69, 9.17) is 4.42 Å². The third kappa shape index (κ3) is 4.60. The molecule has 3 aromatic rings. The zero-order chi connectivity index (χ0) is 22.0. The highest BCUT2D eigenvalue weighted by atomic mass is 32.2. The summed E-state index contributed by atoms with van der Waals surface area (Å²) in [5.41, 5.74) is 2.04. The van der Waals surface area contributed by atoms with Crippen molar-refractivity contribution in [3.8, 4) is 5.75 Å². The summed E-state index contributed by atoms with van der Waals surface area (Å²) in [7, 11) is 0.